The number of halogens is 9. The molecule has 0 aromatic rings. The standard InChI is InChI=1S/C5H3Cl2F7/c6-1-2(7)3(8,9)4(10,11)5(12,13)14/h2H,1H2. The highest BCUT2D eigenvalue weighted by atomic mass is 35.5. The quantitative estimate of drug-likeness (QED) is 0.540. The maximum atomic E-state index is 12.4. The van der Waals surface area contributed by atoms with Crippen LogP contribution < -0.4 is 0 Å². The molecule has 0 aromatic carbocycles. The summed E-state index contributed by atoms with van der Waals surface area (Å²) in [7, 11) is 0. The van der Waals surface area contributed by atoms with Crippen LogP contribution in [0.4, 0.5) is 30.7 Å². The monoisotopic (exact) mass is 266 g/mol. The van der Waals surface area contributed by atoms with E-state index in [0.717, 1.165) is 0 Å². The van der Waals surface area contributed by atoms with Gasteiger partial charge in [0.2, 0.25) is 0 Å². The molecule has 0 amide bonds. The zero-order valence-corrected chi connectivity index (χ0v) is 7.70. The third-order valence-electron chi connectivity index (χ3n) is 1.30. The van der Waals surface area contributed by atoms with Crippen LogP contribution in [0.1, 0.15) is 0 Å². The van der Waals surface area contributed by atoms with Crippen LogP contribution in [0.25, 0.3) is 0 Å². The van der Waals surface area contributed by atoms with Gasteiger partial charge in [-0.25, -0.2) is 0 Å². The second kappa shape index (κ2) is 3.92. The first-order valence-corrected chi connectivity index (χ1v) is 3.98. The van der Waals surface area contributed by atoms with Gasteiger partial charge in [-0.15, -0.1) is 23.2 Å². The maximum Gasteiger partial charge on any atom is 0.459 e. The van der Waals surface area contributed by atoms with E-state index < -0.39 is 29.3 Å². The summed E-state index contributed by atoms with van der Waals surface area (Å²) >= 11 is 9.27. The average Bonchev–Trinajstić information content (AvgIpc) is 2.00. The van der Waals surface area contributed by atoms with Crippen LogP contribution in [0, 0.1) is 0 Å². The summed E-state index contributed by atoms with van der Waals surface area (Å²) in [4.78, 5) is 0. The second-order valence-corrected chi connectivity index (χ2v) is 3.15. The second-order valence-electron chi connectivity index (χ2n) is 2.32. The van der Waals surface area contributed by atoms with E-state index in [0.29, 0.717) is 0 Å². The van der Waals surface area contributed by atoms with Gasteiger partial charge in [0.1, 0.15) is 5.38 Å². The molecule has 0 radical (unpaired) electrons. The Kier molecular flexibility index (Phi) is 3.95. The van der Waals surface area contributed by atoms with Gasteiger partial charge in [0.15, 0.2) is 0 Å². The number of rotatable bonds is 3. The lowest BCUT2D eigenvalue weighted by Gasteiger charge is -2.30. The Bertz CT molecular complexity index is 199. The van der Waals surface area contributed by atoms with Crippen LogP contribution in [-0.4, -0.2) is 29.3 Å². The third kappa shape index (κ3) is 2.18. The molecule has 86 valence electrons. The first-order valence-electron chi connectivity index (χ1n) is 3.01. The molecule has 0 N–H and O–H groups in total. The summed E-state index contributed by atoms with van der Waals surface area (Å²) < 4.78 is 83.5. The molecule has 1 unspecified atom stereocenters. The van der Waals surface area contributed by atoms with Crippen molar-refractivity contribution >= 4 is 23.2 Å². The molecule has 0 fully saturated rings. The van der Waals surface area contributed by atoms with E-state index >= 15 is 0 Å². The van der Waals surface area contributed by atoms with Crippen molar-refractivity contribution in [1.29, 1.82) is 0 Å². The molecule has 0 nitrogen and oxygen atoms in total. The zero-order chi connectivity index (χ0) is 11.8. The fourth-order valence-electron chi connectivity index (χ4n) is 0.483. The smallest absolute Gasteiger partial charge is 0.198 e. The Hall–Kier alpha value is 0.0900. The van der Waals surface area contributed by atoms with Crippen molar-refractivity contribution in [2.24, 2.45) is 0 Å². The van der Waals surface area contributed by atoms with Crippen molar-refractivity contribution in [2.45, 2.75) is 23.4 Å². The molecular formula is C5H3Cl2F7. The Morgan fingerprint density at radius 1 is 0.929 bits per heavy atom. The lowest BCUT2D eigenvalue weighted by Crippen LogP contribution is -2.56. The molecule has 0 aromatic heterocycles. The molecule has 0 aliphatic carbocycles. The summed E-state index contributed by atoms with van der Waals surface area (Å²) in [5, 5.41) is -2.79. The van der Waals surface area contributed by atoms with Crippen LogP contribution in [0.2, 0.25) is 0 Å². The van der Waals surface area contributed by atoms with E-state index in [1.54, 1.807) is 0 Å². The third-order valence-corrected chi connectivity index (χ3v) is 2.20. The van der Waals surface area contributed by atoms with E-state index in [1.807, 2.05) is 0 Å². The summed E-state index contributed by atoms with van der Waals surface area (Å²) in [6, 6.07) is 0. The molecule has 0 bridgehead atoms. The highest BCUT2D eigenvalue weighted by molar-refractivity contribution is 6.28. The first-order chi connectivity index (χ1) is 5.98. The van der Waals surface area contributed by atoms with E-state index in [1.165, 1.54) is 0 Å². The zero-order valence-electron chi connectivity index (χ0n) is 6.19. The number of alkyl halides is 9. The molecule has 0 aliphatic rings. The summed E-state index contributed by atoms with van der Waals surface area (Å²) in [5.41, 5.74) is 0. The van der Waals surface area contributed by atoms with Crippen LogP contribution in [-0.2, 0) is 0 Å². The highest BCUT2D eigenvalue weighted by Gasteiger charge is 2.74. The maximum absolute atomic E-state index is 12.4. The van der Waals surface area contributed by atoms with E-state index in [2.05, 4.69) is 23.2 Å². The molecule has 0 saturated heterocycles. The van der Waals surface area contributed by atoms with Gasteiger partial charge in [0, 0.05) is 5.88 Å². The van der Waals surface area contributed by atoms with Gasteiger partial charge in [-0.05, 0) is 0 Å². The molecule has 9 heteroatoms. The minimum Gasteiger partial charge on any atom is -0.198 e. The lowest BCUT2D eigenvalue weighted by molar-refractivity contribution is -0.353. The minimum atomic E-state index is -6.37. The first kappa shape index (κ1) is 14.1. The Balaban J connectivity index is 5.07. The predicted molar refractivity (Wildman–Crippen MR) is 36.3 cm³/mol. The van der Waals surface area contributed by atoms with Gasteiger partial charge in [-0.2, -0.15) is 30.7 Å². The molecular weight excluding hydrogens is 264 g/mol. The molecule has 0 rings (SSSR count). The van der Waals surface area contributed by atoms with Crippen LogP contribution in [0.15, 0.2) is 0 Å². The Labute approximate surface area is 84.0 Å². The van der Waals surface area contributed by atoms with E-state index in [4.69, 9.17) is 0 Å². The Morgan fingerprint density at radius 3 is 1.50 bits per heavy atom. The van der Waals surface area contributed by atoms with Gasteiger partial charge in [-0.3, -0.25) is 0 Å². The van der Waals surface area contributed by atoms with E-state index in [-0.39, 0.29) is 0 Å². The molecule has 1 atom stereocenters. The van der Waals surface area contributed by atoms with Crippen molar-refractivity contribution in [3.05, 3.63) is 0 Å². The molecule has 0 saturated carbocycles. The number of hydrogen-bond acceptors (Lipinski definition) is 0. The fourth-order valence-corrected chi connectivity index (χ4v) is 0.813. The normalized spacial score (nSPS) is 16.9. The van der Waals surface area contributed by atoms with Gasteiger partial charge in [0.25, 0.3) is 0 Å². The largest absolute Gasteiger partial charge is 0.459 e. The topological polar surface area (TPSA) is 0 Å². The predicted octanol–water partition coefficient (Wildman–Crippen LogP) is 3.67. The summed E-state index contributed by atoms with van der Waals surface area (Å²) in [6.45, 7) is 0. The lowest BCUT2D eigenvalue weighted by atomic mass is 10.1. The van der Waals surface area contributed by atoms with E-state index in [9.17, 15) is 30.7 Å². The fraction of sp³-hybridized carbons (Fsp3) is 1.00. The number of hydrogen-bond donors (Lipinski definition) is 0. The van der Waals surface area contributed by atoms with Crippen molar-refractivity contribution < 1.29 is 30.7 Å². The van der Waals surface area contributed by atoms with Crippen LogP contribution in [0.3, 0.4) is 0 Å². The summed E-state index contributed by atoms with van der Waals surface area (Å²) in [6.07, 6.45) is -6.37. The van der Waals surface area contributed by atoms with Gasteiger partial charge in [0.05, 0.1) is 0 Å². The molecule has 14 heavy (non-hydrogen) atoms. The molecule has 0 heterocycles. The minimum absolute atomic E-state index is 1.22. The van der Waals surface area contributed by atoms with Gasteiger partial charge >= 0.3 is 18.0 Å². The van der Waals surface area contributed by atoms with Crippen molar-refractivity contribution in [3.8, 4) is 0 Å². The Morgan fingerprint density at radius 2 is 1.29 bits per heavy atom. The van der Waals surface area contributed by atoms with Crippen molar-refractivity contribution in [2.75, 3.05) is 5.88 Å². The SMILES string of the molecule is FC(F)(F)C(F)(F)C(F)(F)C(Cl)CCl. The molecule has 0 aliphatic heterocycles. The van der Waals surface area contributed by atoms with Gasteiger partial charge in [-0.1, -0.05) is 0 Å². The highest BCUT2D eigenvalue weighted by Crippen LogP contribution is 2.49. The van der Waals surface area contributed by atoms with Gasteiger partial charge < -0.3 is 0 Å². The van der Waals surface area contributed by atoms with Crippen molar-refractivity contribution in [1.82, 2.24) is 0 Å². The van der Waals surface area contributed by atoms with Crippen LogP contribution >= 0.6 is 23.2 Å². The van der Waals surface area contributed by atoms with Crippen molar-refractivity contribution in [3.63, 3.8) is 0 Å². The summed E-state index contributed by atoms with van der Waals surface area (Å²) in [5.74, 6) is -12.9. The average molecular weight is 267 g/mol. The molecule has 0 spiro atoms. The van der Waals surface area contributed by atoms with Crippen LogP contribution in [0.5, 0.6) is 0 Å².